The third kappa shape index (κ3) is 4.86. The standard InChI is InChI=1S/C13H17NO4/c1-9(2)7-14-13(17)10-4-3-5-11(6-10)18-8-12(15)16/h3-6,9H,7-8H2,1-2H3,(H,14,17)(H,15,16). The van der Waals surface area contributed by atoms with Crippen molar-refractivity contribution in [3.63, 3.8) is 0 Å². The van der Waals surface area contributed by atoms with E-state index in [1.165, 1.54) is 6.07 Å². The van der Waals surface area contributed by atoms with Crippen molar-refractivity contribution in [3.05, 3.63) is 29.8 Å². The molecule has 0 aliphatic carbocycles. The number of hydrogen-bond donors (Lipinski definition) is 2. The van der Waals surface area contributed by atoms with Gasteiger partial charge in [-0.3, -0.25) is 4.79 Å². The van der Waals surface area contributed by atoms with Crippen LogP contribution < -0.4 is 10.1 Å². The molecule has 0 saturated carbocycles. The number of carbonyl (C=O) groups excluding carboxylic acids is 1. The van der Waals surface area contributed by atoms with Gasteiger partial charge in [-0.1, -0.05) is 19.9 Å². The molecule has 0 fully saturated rings. The SMILES string of the molecule is CC(C)CNC(=O)c1cccc(OCC(=O)O)c1. The van der Waals surface area contributed by atoms with E-state index < -0.39 is 12.6 Å². The van der Waals surface area contributed by atoms with Gasteiger partial charge in [-0.25, -0.2) is 4.79 Å². The second-order valence-electron chi connectivity index (χ2n) is 4.31. The molecule has 0 aliphatic heterocycles. The average Bonchev–Trinajstić information content (AvgIpc) is 2.33. The Labute approximate surface area is 106 Å². The molecule has 0 unspecified atom stereocenters. The van der Waals surface area contributed by atoms with Crippen molar-refractivity contribution in [2.45, 2.75) is 13.8 Å². The molecule has 5 nitrogen and oxygen atoms in total. The molecule has 0 atom stereocenters. The molecule has 0 bridgehead atoms. The maximum absolute atomic E-state index is 11.8. The van der Waals surface area contributed by atoms with Crippen LogP contribution in [0.5, 0.6) is 5.75 Å². The molecule has 18 heavy (non-hydrogen) atoms. The van der Waals surface area contributed by atoms with E-state index >= 15 is 0 Å². The molecule has 1 aromatic rings. The van der Waals surface area contributed by atoms with Gasteiger partial charge in [-0.15, -0.1) is 0 Å². The van der Waals surface area contributed by atoms with Crippen molar-refractivity contribution >= 4 is 11.9 Å². The minimum atomic E-state index is -1.05. The van der Waals surface area contributed by atoms with Gasteiger partial charge in [0.05, 0.1) is 0 Å². The van der Waals surface area contributed by atoms with Crippen LogP contribution >= 0.6 is 0 Å². The molecule has 0 heterocycles. The summed E-state index contributed by atoms with van der Waals surface area (Å²) < 4.78 is 5.00. The monoisotopic (exact) mass is 251 g/mol. The Morgan fingerprint density at radius 2 is 2.11 bits per heavy atom. The molecule has 0 aliphatic rings. The van der Waals surface area contributed by atoms with Gasteiger partial charge in [0.25, 0.3) is 5.91 Å². The van der Waals surface area contributed by atoms with Crippen LogP contribution in [0.15, 0.2) is 24.3 Å². The van der Waals surface area contributed by atoms with E-state index in [1.807, 2.05) is 13.8 Å². The maximum atomic E-state index is 11.8. The first kappa shape index (κ1) is 14.0. The lowest BCUT2D eigenvalue weighted by atomic mass is 10.2. The second-order valence-corrected chi connectivity index (χ2v) is 4.31. The summed E-state index contributed by atoms with van der Waals surface area (Å²) in [5.74, 6) is -0.496. The Kier molecular flexibility index (Phi) is 5.17. The first-order chi connectivity index (χ1) is 8.49. The number of rotatable bonds is 6. The molecule has 0 saturated heterocycles. The van der Waals surface area contributed by atoms with Crippen LogP contribution in [0.1, 0.15) is 24.2 Å². The van der Waals surface area contributed by atoms with E-state index in [2.05, 4.69) is 5.32 Å². The summed E-state index contributed by atoms with van der Waals surface area (Å²) in [7, 11) is 0. The highest BCUT2D eigenvalue weighted by molar-refractivity contribution is 5.94. The number of carboxylic acid groups (broad SMARTS) is 1. The Bertz CT molecular complexity index is 429. The molecule has 0 aromatic heterocycles. The lowest BCUT2D eigenvalue weighted by molar-refractivity contribution is -0.139. The van der Waals surface area contributed by atoms with Crippen LogP contribution in [-0.4, -0.2) is 30.1 Å². The molecule has 0 radical (unpaired) electrons. The van der Waals surface area contributed by atoms with Crippen LogP contribution in [0.3, 0.4) is 0 Å². The minimum absolute atomic E-state index is 0.190. The average molecular weight is 251 g/mol. The van der Waals surface area contributed by atoms with Gasteiger partial charge < -0.3 is 15.2 Å². The fourth-order valence-electron chi connectivity index (χ4n) is 1.27. The number of benzene rings is 1. The fourth-order valence-corrected chi connectivity index (χ4v) is 1.27. The van der Waals surface area contributed by atoms with Crippen molar-refractivity contribution in [3.8, 4) is 5.75 Å². The Balaban J connectivity index is 2.63. The van der Waals surface area contributed by atoms with Crippen molar-refractivity contribution < 1.29 is 19.4 Å². The van der Waals surface area contributed by atoms with Crippen LogP contribution in [0.2, 0.25) is 0 Å². The third-order valence-electron chi connectivity index (χ3n) is 2.13. The molecule has 98 valence electrons. The zero-order chi connectivity index (χ0) is 13.5. The number of carbonyl (C=O) groups is 2. The van der Waals surface area contributed by atoms with Gasteiger partial charge >= 0.3 is 5.97 Å². The summed E-state index contributed by atoms with van der Waals surface area (Å²) in [5.41, 5.74) is 0.457. The quantitative estimate of drug-likeness (QED) is 0.804. The number of amides is 1. The molecule has 2 N–H and O–H groups in total. The van der Waals surface area contributed by atoms with Gasteiger partial charge in [0.2, 0.25) is 0 Å². The summed E-state index contributed by atoms with van der Waals surface area (Å²) in [5, 5.41) is 11.3. The highest BCUT2D eigenvalue weighted by Crippen LogP contribution is 2.13. The Morgan fingerprint density at radius 3 is 2.72 bits per heavy atom. The van der Waals surface area contributed by atoms with Gasteiger partial charge in [0, 0.05) is 12.1 Å². The summed E-state index contributed by atoms with van der Waals surface area (Å²) >= 11 is 0. The van der Waals surface area contributed by atoms with E-state index in [0.29, 0.717) is 23.8 Å². The fraction of sp³-hybridized carbons (Fsp3) is 0.385. The number of nitrogens with one attached hydrogen (secondary N) is 1. The highest BCUT2D eigenvalue weighted by Gasteiger charge is 2.07. The van der Waals surface area contributed by atoms with Gasteiger partial charge in [-0.2, -0.15) is 0 Å². The molecule has 1 aromatic carbocycles. The van der Waals surface area contributed by atoms with E-state index in [1.54, 1.807) is 18.2 Å². The summed E-state index contributed by atoms with van der Waals surface area (Å²) in [6.07, 6.45) is 0. The molecule has 0 spiro atoms. The van der Waals surface area contributed by atoms with E-state index in [9.17, 15) is 9.59 Å². The zero-order valence-electron chi connectivity index (χ0n) is 10.5. The number of ether oxygens (including phenoxy) is 1. The number of aliphatic carboxylic acids is 1. The van der Waals surface area contributed by atoms with Crippen LogP contribution in [-0.2, 0) is 4.79 Å². The summed E-state index contributed by atoms with van der Waals surface area (Å²) in [6, 6.07) is 6.45. The summed E-state index contributed by atoms with van der Waals surface area (Å²) in [6.45, 7) is 4.19. The van der Waals surface area contributed by atoms with Crippen molar-refractivity contribution in [1.29, 1.82) is 0 Å². The molecule has 5 heteroatoms. The van der Waals surface area contributed by atoms with Gasteiger partial charge in [0.1, 0.15) is 5.75 Å². The zero-order valence-corrected chi connectivity index (χ0v) is 10.5. The van der Waals surface area contributed by atoms with Crippen LogP contribution in [0.4, 0.5) is 0 Å². The predicted molar refractivity (Wildman–Crippen MR) is 66.7 cm³/mol. The first-order valence-electron chi connectivity index (χ1n) is 5.72. The molecule has 1 rings (SSSR count). The minimum Gasteiger partial charge on any atom is -0.482 e. The van der Waals surface area contributed by atoms with Crippen LogP contribution in [0, 0.1) is 5.92 Å². The Morgan fingerprint density at radius 1 is 1.39 bits per heavy atom. The normalized spacial score (nSPS) is 10.2. The number of carboxylic acids is 1. The lowest BCUT2D eigenvalue weighted by Gasteiger charge is -2.09. The molecular formula is C13H17NO4. The number of hydrogen-bond acceptors (Lipinski definition) is 3. The molecule has 1 amide bonds. The topological polar surface area (TPSA) is 75.6 Å². The largest absolute Gasteiger partial charge is 0.482 e. The van der Waals surface area contributed by atoms with Crippen molar-refractivity contribution in [2.24, 2.45) is 5.92 Å². The van der Waals surface area contributed by atoms with Crippen molar-refractivity contribution in [1.82, 2.24) is 5.32 Å². The predicted octanol–water partition coefficient (Wildman–Crippen LogP) is 1.54. The van der Waals surface area contributed by atoms with E-state index in [-0.39, 0.29) is 5.91 Å². The van der Waals surface area contributed by atoms with E-state index in [0.717, 1.165) is 0 Å². The second kappa shape index (κ2) is 6.64. The lowest BCUT2D eigenvalue weighted by Crippen LogP contribution is -2.27. The maximum Gasteiger partial charge on any atom is 0.341 e. The van der Waals surface area contributed by atoms with Crippen molar-refractivity contribution in [2.75, 3.05) is 13.2 Å². The van der Waals surface area contributed by atoms with Gasteiger partial charge in [0.15, 0.2) is 6.61 Å². The Hall–Kier alpha value is -2.04. The molecular weight excluding hydrogens is 234 g/mol. The first-order valence-corrected chi connectivity index (χ1v) is 5.72. The smallest absolute Gasteiger partial charge is 0.341 e. The van der Waals surface area contributed by atoms with Gasteiger partial charge in [-0.05, 0) is 24.1 Å². The third-order valence-corrected chi connectivity index (χ3v) is 2.13. The summed E-state index contributed by atoms with van der Waals surface area (Å²) in [4.78, 5) is 22.1. The van der Waals surface area contributed by atoms with E-state index in [4.69, 9.17) is 9.84 Å². The van der Waals surface area contributed by atoms with Crippen LogP contribution in [0.25, 0.3) is 0 Å². The highest BCUT2D eigenvalue weighted by atomic mass is 16.5.